The summed E-state index contributed by atoms with van der Waals surface area (Å²) in [6.45, 7) is 10.4. The predicted octanol–water partition coefficient (Wildman–Crippen LogP) is 2.99. The van der Waals surface area contributed by atoms with Crippen molar-refractivity contribution in [2.75, 3.05) is 6.61 Å². The van der Waals surface area contributed by atoms with Crippen molar-refractivity contribution >= 4 is 5.90 Å². The molecule has 0 aliphatic carbocycles. The van der Waals surface area contributed by atoms with E-state index in [1.807, 2.05) is 0 Å². The van der Waals surface area contributed by atoms with E-state index < -0.39 is 0 Å². The lowest BCUT2D eigenvalue weighted by Crippen LogP contribution is -2.05. The Hall–Kier alpha value is -0.790. The van der Waals surface area contributed by atoms with Crippen LogP contribution in [0.25, 0.3) is 0 Å². The molecule has 0 aliphatic heterocycles. The molecular weight excluding hydrogens is 150 g/mol. The summed E-state index contributed by atoms with van der Waals surface area (Å²) in [6, 6.07) is 0. The van der Waals surface area contributed by atoms with Gasteiger partial charge in [-0.25, -0.2) is 0 Å². The van der Waals surface area contributed by atoms with Gasteiger partial charge in [0.25, 0.3) is 0 Å². The van der Waals surface area contributed by atoms with Crippen molar-refractivity contribution < 1.29 is 4.74 Å². The highest BCUT2D eigenvalue weighted by atomic mass is 16.5. The molecule has 12 heavy (non-hydrogen) atoms. The van der Waals surface area contributed by atoms with Crippen LogP contribution in [0.15, 0.2) is 12.2 Å². The highest BCUT2D eigenvalue weighted by Crippen LogP contribution is 2.04. The van der Waals surface area contributed by atoms with Gasteiger partial charge < -0.3 is 4.74 Å². The second kappa shape index (κ2) is 5.81. The minimum Gasteiger partial charge on any atom is -0.478 e. The van der Waals surface area contributed by atoms with Crippen LogP contribution in [0.2, 0.25) is 0 Å². The molecular formula is C10H19NO. The molecule has 0 spiro atoms. The van der Waals surface area contributed by atoms with E-state index in [0.29, 0.717) is 18.1 Å². The molecule has 2 heteroatoms. The van der Waals surface area contributed by atoms with Gasteiger partial charge in [0.05, 0.1) is 6.61 Å². The molecule has 0 atom stereocenters. The quantitative estimate of drug-likeness (QED) is 0.383. The Kier molecular flexibility index (Phi) is 5.43. The van der Waals surface area contributed by atoms with Crippen molar-refractivity contribution in [3.05, 3.63) is 12.2 Å². The maximum Gasteiger partial charge on any atom is 0.208 e. The van der Waals surface area contributed by atoms with Crippen LogP contribution in [0.4, 0.5) is 0 Å². The Morgan fingerprint density at radius 3 is 2.50 bits per heavy atom. The van der Waals surface area contributed by atoms with Crippen LogP contribution < -0.4 is 0 Å². The second-order valence-electron chi connectivity index (χ2n) is 3.49. The number of rotatable bonds is 5. The Morgan fingerprint density at radius 1 is 1.50 bits per heavy atom. The average Bonchev–Trinajstić information content (AvgIpc) is 1.97. The number of hydrogen-bond donors (Lipinski definition) is 1. The van der Waals surface area contributed by atoms with Gasteiger partial charge in [0.1, 0.15) is 0 Å². The first-order chi connectivity index (χ1) is 5.54. The van der Waals surface area contributed by atoms with Gasteiger partial charge in [-0.1, -0.05) is 20.4 Å². The van der Waals surface area contributed by atoms with E-state index in [9.17, 15) is 0 Å². The van der Waals surface area contributed by atoms with Gasteiger partial charge in [0.15, 0.2) is 0 Å². The number of ether oxygens (including phenoxy) is 1. The van der Waals surface area contributed by atoms with E-state index in [1.54, 1.807) is 6.92 Å². The lowest BCUT2D eigenvalue weighted by Gasteiger charge is -2.07. The highest BCUT2D eigenvalue weighted by Gasteiger charge is 1.98. The van der Waals surface area contributed by atoms with E-state index >= 15 is 0 Å². The van der Waals surface area contributed by atoms with E-state index in [4.69, 9.17) is 10.1 Å². The topological polar surface area (TPSA) is 33.1 Å². The molecule has 0 amide bonds. The standard InChI is InChI=1S/C10H19NO/c1-8(2)6-5-7-12-10(11)9(3)4/h8,11H,3,5-7H2,1-2,4H3. The predicted molar refractivity (Wildman–Crippen MR) is 52.6 cm³/mol. The van der Waals surface area contributed by atoms with Crippen LogP contribution in [0.5, 0.6) is 0 Å². The summed E-state index contributed by atoms with van der Waals surface area (Å²) in [7, 11) is 0. The van der Waals surface area contributed by atoms with Gasteiger partial charge in [-0.05, 0) is 25.7 Å². The Bertz CT molecular complexity index is 161. The van der Waals surface area contributed by atoms with Crippen LogP contribution in [-0.2, 0) is 4.74 Å². The molecule has 1 N–H and O–H groups in total. The van der Waals surface area contributed by atoms with Crippen molar-refractivity contribution in [2.24, 2.45) is 5.92 Å². The summed E-state index contributed by atoms with van der Waals surface area (Å²) < 4.78 is 5.14. The first kappa shape index (κ1) is 11.2. The first-order valence-corrected chi connectivity index (χ1v) is 4.41. The van der Waals surface area contributed by atoms with Crippen LogP contribution in [-0.4, -0.2) is 12.5 Å². The molecule has 70 valence electrons. The lowest BCUT2D eigenvalue weighted by atomic mass is 10.1. The Balaban J connectivity index is 3.32. The minimum atomic E-state index is 0.221. The van der Waals surface area contributed by atoms with E-state index in [2.05, 4.69) is 20.4 Å². The van der Waals surface area contributed by atoms with Crippen molar-refractivity contribution in [2.45, 2.75) is 33.6 Å². The molecule has 0 radical (unpaired) electrons. The molecule has 0 heterocycles. The summed E-state index contributed by atoms with van der Waals surface area (Å²) >= 11 is 0. The fourth-order valence-corrected chi connectivity index (χ4v) is 0.789. The summed E-state index contributed by atoms with van der Waals surface area (Å²) in [5.74, 6) is 0.936. The molecule has 0 saturated carbocycles. The van der Waals surface area contributed by atoms with Crippen molar-refractivity contribution in [3.63, 3.8) is 0 Å². The van der Waals surface area contributed by atoms with Crippen molar-refractivity contribution in [1.82, 2.24) is 0 Å². The molecule has 0 bridgehead atoms. The van der Waals surface area contributed by atoms with Gasteiger partial charge >= 0.3 is 0 Å². The maximum absolute atomic E-state index is 7.31. The molecule has 0 aromatic carbocycles. The molecule has 0 aromatic rings. The third-order valence-electron chi connectivity index (χ3n) is 1.56. The number of hydrogen-bond acceptors (Lipinski definition) is 2. The van der Waals surface area contributed by atoms with Gasteiger partial charge in [0, 0.05) is 5.57 Å². The third kappa shape index (κ3) is 5.96. The van der Waals surface area contributed by atoms with Crippen LogP contribution in [0.3, 0.4) is 0 Å². The largest absolute Gasteiger partial charge is 0.478 e. The molecule has 0 aromatic heterocycles. The molecule has 0 fully saturated rings. The zero-order valence-electron chi connectivity index (χ0n) is 8.31. The average molecular weight is 169 g/mol. The SMILES string of the molecule is C=C(C)C(=N)OCCCC(C)C. The zero-order valence-corrected chi connectivity index (χ0v) is 8.31. The van der Waals surface area contributed by atoms with Gasteiger partial charge in [-0.3, -0.25) is 5.41 Å². The molecule has 2 nitrogen and oxygen atoms in total. The summed E-state index contributed by atoms with van der Waals surface area (Å²) in [5.41, 5.74) is 0.694. The fourth-order valence-electron chi connectivity index (χ4n) is 0.789. The minimum absolute atomic E-state index is 0.221. The van der Waals surface area contributed by atoms with Gasteiger partial charge in [0.2, 0.25) is 5.90 Å². The van der Waals surface area contributed by atoms with E-state index in [1.165, 1.54) is 0 Å². The Labute approximate surface area is 75.1 Å². The monoisotopic (exact) mass is 169 g/mol. The first-order valence-electron chi connectivity index (χ1n) is 4.41. The summed E-state index contributed by atoms with van der Waals surface area (Å²) in [4.78, 5) is 0. The maximum atomic E-state index is 7.31. The molecule has 0 aliphatic rings. The molecule has 0 saturated heterocycles. The zero-order chi connectivity index (χ0) is 9.56. The highest BCUT2D eigenvalue weighted by molar-refractivity contribution is 5.89. The lowest BCUT2D eigenvalue weighted by molar-refractivity contribution is 0.284. The van der Waals surface area contributed by atoms with Crippen molar-refractivity contribution in [1.29, 1.82) is 5.41 Å². The van der Waals surface area contributed by atoms with Crippen LogP contribution in [0.1, 0.15) is 33.6 Å². The fraction of sp³-hybridized carbons (Fsp3) is 0.700. The van der Waals surface area contributed by atoms with Gasteiger partial charge in [-0.2, -0.15) is 0 Å². The third-order valence-corrected chi connectivity index (χ3v) is 1.56. The normalized spacial score (nSPS) is 10.0. The van der Waals surface area contributed by atoms with Crippen LogP contribution >= 0.6 is 0 Å². The van der Waals surface area contributed by atoms with Crippen LogP contribution in [0, 0.1) is 11.3 Å². The summed E-state index contributed by atoms with van der Waals surface area (Å²) in [5, 5.41) is 7.31. The van der Waals surface area contributed by atoms with E-state index in [0.717, 1.165) is 12.8 Å². The smallest absolute Gasteiger partial charge is 0.208 e. The molecule has 0 unspecified atom stereocenters. The second-order valence-corrected chi connectivity index (χ2v) is 3.49. The number of nitrogens with one attached hydrogen (secondary N) is 1. The van der Waals surface area contributed by atoms with E-state index in [-0.39, 0.29) is 5.90 Å². The van der Waals surface area contributed by atoms with Gasteiger partial charge in [-0.15, -0.1) is 0 Å². The van der Waals surface area contributed by atoms with Crippen molar-refractivity contribution in [3.8, 4) is 0 Å². The summed E-state index contributed by atoms with van der Waals surface area (Å²) in [6.07, 6.45) is 2.18. The Morgan fingerprint density at radius 2 is 2.08 bits per heavy atom. The molecule has 0 rings (SSSR count).